The summed E-state index contributed by atoms with van der Waals surface area (Å²) in [4.78, 5) is 15.9. The maximum Gasteiger partial charge on any atom is 0.275 e. The van der Waals surface area contributed by atoms with Crippen LogP contribution in [0.2, 0.25) is 0 Å². The molecule has 0 aliphatic carbocycles. The number of phenols is 1. The van der Waals surface area contributed by atoms with Crippen LogP contribution in [0.4, 0.5) is 0 Å². The topological polar surface area (TPSA) is 74.6 Å². The Hall–Kier alpha value is -2.69. The van der Waals surface area contributed by atoms with Crippen LogP contribution in [-0.2, 0) is 0 Å². The Bertz CT molecular complexity index is 651. The lowest BCUT2D eigenvalue weighted by Gasteiger charge is -2.06. The van der Waals surface area contributed by atoms with Crippen molar-refractivity contribution < 1.29 is 9.90 Å². The lowest BCUT2D eigenvalue weighted by atomic mass is 10.1. The van der Waals surface area contributed by atoms with Crippen LogP contribution in [-0.4, -0.2) is 21.7 Å². The van der Waals surface area contributed by atoms with Crippen LogP contribution in [0.1, 0.15) is 28.4 Å². The zero-order valence-corrected chi connectivity index (χ0v) is 11.3. The summed E-state index contributed by atoms with van der Waals surface area (Å²) in [5.41, 5.74) is 4.73. The lowest BCUT2D eigenvalue weighted by Crippen LogP contribution is -2.19. The Morgan fingerprint density at radius 1 is 1.30 bits per heavy atom. The van der Waals surface area contributed by atoms with E-state index in [1.807, 2.05) is 6.07 Å². The molecular formula is C15H15N3O2. The molecule has 20 heavy (non-hydrogen) atoms. The first-order valence-electron chi connectivity index (χ1n) is 6.13. The Labute approximate surface area is 117 Å². The van der Waals surface area contributed by atoms with Crippen molar-refractivity contribution in [2.45, 2.75) is 13.8 Å². The average Bonchev–Trinajstić information content (AvgIpc) is 2.48. The number of pyridine rings is 1. The number of aromatic nitrogens is 1. The third kappa shape index (κ3) is 3.00. The fourth-order valence-electron chi connectivity index (χ4n) is 1.68. The number of phenolic OH excluding ortho intramolecular Hbond substituents is 1. The predicted octanol–water partition coefficient (Wildman–Crippen LogP) is 2.25. The molecule has 0 spiro atoms. The molecule has 102 valence electrons. The molecule has 1 aromatic heterocycles. The first-order valence-corrected chi connectivity index (χ1v) is 6.13. The minimum Gasteiger partial charge on any atom is -0.507 e. The summed E-state index contributed by atoms with van der Waals surface area (Å²) in [6.45, 7) is 3.50. The van der Waals surface area contributed by atoms with Gasteiger partial charge in [0.2, 0.25) is 0 Å². The number of carbonyl (C=O) groups is 1. The highest BCUT2D eigenvalue weighted by Crippen LogP contribution is 2.20. The predicted molar refractivity (Wildman–Crippen MR) is 76.8 cm³/mol. The number of benzene rings is 1. The number of hydrogen-bond acceptors (Lipinski definition) is 4. The zero-order valence-electron chi connectivity index (χ0n) is 11.3. The van der Waals surface area contributed by atoms with Gasteiger partial charge in [-0.25, -0.2) is 5.43 Å². The maximum absolute atomic E-state index is 12.0. The third-order valence-electron chi connectivity index (χ3n) is 2.89. The van der Waals surface area contributed by atoms with Gasteiger partial charge in [-0.15, -0.1) is 0 Å². The number of nitrogens with one attached hydrogen (secondary N) is 1. The van der Waals surface area contributed by atoms with Crippen molar-refractivity contribution in [3.8, 4) is 5.75 Å². The highest BCUT2D eigenvalue weighted by atomic mass is 16.3. The standard InChI is InChI=1S/C15H15N3O2/c1-10-5-3-7-13(14(10)19)15(20)18-17-11(2)12-6-4-8-16-9-12/h3-9,19H,1-2H3,(H,18,20)/b17-11+. The van der Waals surface area contributed by atoms with E-state index in [9.17, 15) is 9.90 Å². The number of hydrazone groups is 1. The third-order valence-corrected chi connectivity index (χ3v) is 2.89. The lowest BCUT2D eigenvalue weighted by molar-refractivity contribution is 0.0952. The van der Waals surface area contributed by atoms with Crippen molar-refractivity contribution in [2.75, 3.05) is 0 Å². The van der Waals surface area contributed by atoms with Gasteiger partial charge in [0.1, 0.15) is 5.75 Å². The van der Waals surface area contributed by atoms with E-state index in [1.165, 1.54) is 0 Å². The SMILES string of the molecule is C/C(=N\NC(=O)c1cccc(C)c1O)c1cccnc1. The van der Waals surface area contributed by atoms with Crippen LogP contribution in [0.3, 0.4) is 0 Å². The van der Waals surface area contributed by atoms with E-state index in [1.54, 1.807) is 50.5 Å². The Morgan fingerprint density at radius 3 is 2.80 bits per heavy atom. The van der Waals surface area contributed by atoms with Crippen molar-refractivity contribution >= 4 is 11.6 Å². The van der Waals surface area contributed by atoms with Crippen molar-refractivity contribution in [3.05, 3.63) is 59.4 Å². The van der Waals surface area contributed by atoms with E-state index in [0.717, 1.165) is 5.56 Å². The van der Waals surface area contributed by atoms with E-state index < -0.39 is 5.91 Å². The number of para-hydroxylation sites is 1. The molecule has 0 bridgehead atoms. The molecule has 2 N–H and O–H groups in total. The summed E-state index contributed by atoms with van der Waals surface area (Å²) in [5.74, 6) is -0.478. The Kier molecular flexibility index (Phi) is 4.10. The summed E-state index contributed by atoms with van der Waals surface area (Å²) < 4.78 is 0. The van der Waals surface area contributed by atoms with Crippen LogP contribution in [0.25, 0.3) is 0 Å². The summed E-state index contributed by atoms with van der Waals surface area (Å²) in [6.07, 6.45) is 3.33. The quantitative estimate of drug-likeness (QED) is 0.663. The smallest absolute Gasteiger partial charge is 0.275 e. The molecule has 1 aromatic carbocycles. The van der Waals surface area contributed by atoms with Crippen molar-refractivity contribution in [2.24, 2.45) is 5.10 Å². The van der Waals surface area contributed by atoms with Gasteiger partial charge in [0.05, 0.1) is 11.3 Å². The summed E-state index contributed by atoms with van der Waals surface area (Å²) in [7, 11) is 0. The van der Waals surface area contributed by atoms with Crippen LogP contribution >= 0.6 is 0 Å². The average molecular weight is 269 g/mol. The first kappa shape index (κ1) is 13.7. The highest BCUT2D eigenvalue weighted by Gasteiger charge is 2.11. The second kappa shape index (κ2) is 5.97. The molecule has 0 unspecified atom stereocenters. The van der Waals surface area contributed by atoms with E-state index in [-0.39, 0.29) is 11.3 Å². The molecular weight excluding hydrogens is 254 g/mol. The largest absolute Gasteiger partial charge is 0.507 e. The van der Waals surface area contributed by atoms with Gasteiger partial charge in [-0.2, -0.15) is 5.10 Å². The first-order chi connectivity index (χ1) is 9.59. The Morgan fingerprint density at radius 2 is 2.10 bits per heavy atom. The number of rotatable bonds is 3. The molecule has 1 amide bonds. The summed E-state index contributed by atoms with van der Waals surface area (Å²) in [6, 6.07) is 8.63. The zero-order chi connectivity index (χ0) is 14.5. The minimum atomic E-state index is -0.450. The second-order valence-electron chi connectivity index (χ2n) is 4.35. The molecule has 1 heterocycles. The van der Waals surface area contributed by atoms with Crippen molar-refractivity contribution in [1.29, 1.82) is 0 Å². The number of hydrogen-bond donors (Lipinski definition) is 2. The Balaban J connectivity index is 2.15. The molecule has 0 aliphatic heterocycles. The fourth-order valence-corrected chi connectivity index (χ4v) is 1.68. The summed E-state index contributed by atoms with van der Waals surface area (Å²) in [5, 5.41) is 13.8. The van der Waals surface area contributed by atoms with E-state index >= 15 is 0 Å². The number of aryl methyl sites for hydroxylation is 1. The number of amides is 1. The highest BCUT2D eigenvalue weighted by molar-refractivity contribution is 6.01. The molecule has 2 aromatic rings. The molecule has 0 atom stereocenters. The van der Waals surface area contributed by atoms with Crippen LogP contribution in [0, 0.1) is 6.92 Å². The fraction of sp³-hybridized carbons (Fsp3) is 0.133. The monoisotopic (exact) mass is 269 g/mol. The van der Waals surface area contributed by atoms with Crippen LogP contribution < -0.4 is 5.43 Å². The van der Waals surface area contributed by atoms with Crippen LogP contribution in [0.5, 0.6) is 5.75 Å². The maximum atomic E-state index is 12.0. The molecule has 5 nitrogen and oxygen atoms in total. The molecule has 0 saturated carbocycles. The molecule has 0 radical (unpaired) electrons. The van der Waals surface area contributed by atoms with E-state index in [4.69, 9.17) is 0 Å². The number of carbonyl (C=O) groups excluding carboxylic acids is 1. The normalized spacial score (nSPS) is 11.2. The van der Waals surface area contributed by atoms with Gasteiger partial charge < -0.3 is 5.11 Å². The van der Waals surface area contributed by atoms with E-state index in [2.05, 4.69) is 15.5 Å². The van der Waals surface area contributed by atoms with Crippen molar-refractivity contribution in [3.63, 3.8) is 0 Å². The second-order valence-corrected chi connectivity index (χ2v) is 4.35. The van der Waals surface area contributed by atoms with E-state index in [0.29, 0.717) is 11.3 Å². The molecule has 0 saturated heterocycles. The minimum absolute atomic E-state index is 0.0285. The van der Waals surface area contributed by atoms with Gasteiger partial charge in [-0.1, -0.05) is 18.2 Å². The van der Waals surface area contributed by atoms with Gasteiger partial charge in [0, 0.05) is 18.0 Å². The molecule has 0 fully saturated rings. The molecule has 2 rings (SSSR count). The van der Waals surface area contributed by atoms with Gasteiger partial charge in [-0.3, -0.25) is 9.78 Å². The van der Waals surface area contributed by atoms with Gasteiger partial charge in [0.15, 0.2) is 0 Å². The van der Waals surface area contributed by atoms with Crippen molar-refractivity contribution in [1.82, 2.24) is 10.4 Å². The van der Waals surface area contributed by atoms with Gasteiger partial charge in [-0.05, 0) is 31.5 Å². The number of nitrogens with zero attached hydrogens (tertiary/aromatic N) is 2. The number of aromatic hydroxyl groups is 1. The molecule has 5 heteroatoms. The molecule has 0 aliphatic rings. The van der Waals surface area contributed by atoms with Gasteiger partial charge in [0.25, 0.3) is 5.91 Å². The summed E-state index contributed by atoms with van der Waals surface area (Å²) >= 11 is 0. The van der Waals surface area contributed by atoms with Crippen LogP contribution in [0.15, 0.2) is 47.8 Å². The van der Waals surface area contributed by atoms with Gasteiger partial charge >= 0.3 is 0 Å².